The van der Waals surface area contributed by atoms with E-state index < -0.39 is 10.0 Å². The van der Waals surface area contributed by atoms with Gasteiger partial charge in [-0.15, -0.1) is 0 Å². The molecular weight excluding hydrogens is 326 g/mol. The van der Waals surface area contributed by atoms with E-state index in [1.165, 1.54) is 31.4 Å². The van der Waals surface area contributed by atoms with Gasteiger partial charge in [-0.1, -0.05) is 11.6 Å². The lowest BCUT2D eigenvalue weighted by atomic mass is 10.3. The van der Waals surface area contributed by atoms with Crippen LogP contribution in [0.2, 0.25) is 5.02 Å². The van der Waals surface area contributed by atoms with E-state index in [2.05, 4.69) is 4.72 Å². The minimum absolute atomic E-state index is 0.129. The first kappa shape index (κ1) is 16.5. The predicted molar refractivity (Wildman–Crippen MR) is 86.4 cm³/mol. The van der Waals surface area contributed by atoms with Crippen molar-refractivity contribution < 1.29 is 17.9 Å². The molecule has 2 aromatic carbocycles. The fraction of sp³-hybridized carbons (Fsp3) is 0.200. The van der Waals surface area contributed by atoms with Gasteiger partial charge >= 0.3 is 0 Å². The van der Waals surface area contributed by atoms with Gasteiger partial charge in [-0.2, -0.15) is 0 Å². The van der Waals surface area contributed by atoms with Crippen molar-refractivity contribution in [1.29, 1.82) is 0 Å². The van der Waals surface area contributed by atoms with Gasteiger partial charge in [-0.25, -0.2) is 8.42 Å². The third kappa shape index (κ3) is 3.84. The van der Waals surface area contributed by atoms with Crippen molar-refractivity contribution in [2.24, 2.45) is 0 Å². The summed E-state index contributed by atoms with van der Waals surface area (Å²) in [6.07, 6.45) is 0. The van der Waals surface area contributed by atoms with E-state index in [-0.39, 0.29) is 4.90 Å². The fourth-order valence-corrected chi connectivity index (χ4v) is 3.01. The molecule has 0 fully saturated rings. The van der Waals surface area contributed by atoms with E-state index >= 15 is 0 Å². The number of anilines is 1. The SMILES string of the molecule is CCOc1ccc(NS(=O)(=O)c2ccc(Cl)cc2)cc1OC. The first-order chi connectivity index (χ1) is 10.5. The molecule has 1 N–H and O–H groups in total. The Morgan fingerprint density at radius 3 is 2.36 bits per heavy atom. The smallest absolute Gasteiger partial charge is 0.261 e. The van der Waals surface area contributed by atoms with Gasteiger partial charge in [0.15, 0.2) is 11.5 Å². The first-order valence-electron chi connectivity index (χ1n) is 6.55. The molecule has 118 valence electrons. The van der Waals surface area contributed by atoms with Crippen molar-refractivity contribution >= 4 is 27.3 Å². The second-order valence-electron chi connectivity index (χ2n) is 4.36. The maximum absolute atomic E-state index is 12.3. The second kappa shape index (κ2) is 6.89. The molecule has 5 nitrogen and oxygen atoms in total. The molecule has 0 amide bonds. The molecule has 0 aromatic heterocycles. The Kier molecular flexibility index (Phi) is 5.15. The van der Waals surface area contributed by atoms with E-state index in [1.54, 1.807) is 18.2 Å². The van der Waals surface area contributed by atoms with Gasteiger partial charge in [-0.3, -0.25) is 4.72 Å². The quantitative estimate of drug-likeness (QED) is 0.872. The highest BCUT2D eigenvalue weighted by molar-refractivity contribution is 7.92. The average molecular weight is 342 g/mol. The van der Waals surface area contributed by atoms with Crippen LogP contribution in [-0.4, -0.2) is 22.1 Å². The normalized spacial score (nSPS) is 11.0. The summed E-state index contributed by atoms with van der Waals surface area (Å²) in [6, 6.07) is 10.8. The number of halogens is 1. The van der Waals surface area contributed by atoms with Crippen LogP contribution < -0.4 is 14.2 Å². The third-order valence-electron chi connectivity index (χ3n) is 2.84. The number of rotatable bonds is 6. The highest BCUT2D eigenvalue weighted by Crippen LogP contribution is 2.31. The number of hydrogen-bond acceptors (Lipinski definition) is 4. The average Bonchev–Trinajstić information content (AvgIpc) is 2.49. The maximum Gasteiger partial charge on any atom is 0.261 e. The summed E-state index contributed by atoms with van der Waals surface area (Å²) in [6.45, 7) is 2.35. The molecule has 2 rings (SSSR count). The maximum atomic E-state index is 12.3. The van der Waals surface area contributed by atoms with Crippen molar-refractivity contribution in [3.8, 4) is 11.5 Å². The molecule has 0 atom stereocenters. The molecule has 0 saturated heterocycles. The number of benzene rings is 2. The molecule has 0 aliphatic carbocycles. The summed E-state index contributed by atoms with van der Waals surface area (Å²) in [4.78, 5) is 0.129. The highest BCUT2D eigenvalue weighted by Gasteiger charge is 2.15. The van der Waals surface area contributed by atoms with Crippen LogP contribution in [0.25, 0.3) is 0 Å². The van der Waals surface area contributed by atoms with Gasteiger partial charge in [-0.05, 0) is 43.3 Å². The van der Waals surface area contributed by atoms with E-state index in [0.717, 1.165) is 0 Å². The van der Waals surface area contributed by atoms with Crippen LogP contribution in [-0.2, 0) is 10.0 Å². The standard InChI is InChI=1S/C15H16ClNO4S/c1-3-21-14-9-6-12(10-15(14)20-2)17-22(18,19)13-7-4-11(16)5-8-13/h4-10,17H,3H2,1-2H3. The van der Waals surface area contributed by atoms with Gasteiger partial charge in [0.05, 0.1) is 24.3 Å². The Bertz CT molecular complexity index is 745. The molecule has 2 aromatic rings. The van der Waals surface area contributed by atoms with Crippen LogP contribution in [0, 0.1) is 0 Å². The van der Waals surface area contributed by atoms with Crippen LogP contribution in [0.4, 0.5) is 5.69 Å². The zero-order valence-electron chi connectivity index (χ0n) is 12.2. The largest absolute Gasteiger partial charge is 0.493 e. The van der Waals surface area contributed by atoms with Crippen molar-refractivity contribution in [3.63, 3.8) is 0 Å². The molecule has 0 spiro atoms. The van der Waals surface area contributed by atoms with Crippen molar-refractivity contribution in [2.45, 2.75) is 11.8 Å². The van der Waals surface area contributed by atoms with E-state index in [1.807, 2.05) is 6.92 Å². The zero-order valence-corrected chi connectivity index (χ0v) is 13.7. The van der Waals surface area contributed by atoms with Crippen LogP contribution in [0.15, 0.2) is 47.4 Å². The topological polar surface area (TPSA) is 64.6 Å². The number of hydrogen-bond donors (Lipinski definition) is 1. The summed E-state index contributed by atoms with van der Waals surface area (Å²) >= 11 is 5.76. The summed E-state index contributed by atoms with van der Waals surface area (Å²) in [5.41, 5.74) is 0.384. The molecule has 0 saturated carbocycles. The summed E-state index contributed by atoms with van der Waals surface area (Å²) in [5.74, 6) is 1.01. The van der Waals surface area contributed by atoms with Crippen molar-refractivity contribution in [1.82, 2.24) is 0 Å². The highest BCUT2D eigenvalue weighted by atomic mass is 35.5. The van der Waals surface area contributed by atoms with Gasteiger partial charge in [0.1, 0.15) is 0 Å². The summed E-state index contributed by atoms with van der Waals surface area (Å²) in [7, 11) is -2.19. The first-order valence-corrected chi connectivity index (χ1v) is 8.41. The van der Waals surface area contributed by atoms with Crippen LogP contribution >= 0.6 is 11.6 Å². The Balaban J connectivity index is 2.27. The monoisotopic (exact) mass is 341 g/mol. The second-order valence-corrected chi connectivity index (χ2v) is 6.48. The lowest BCUT2D eigenvalue weighted by molar-refractivity contribution is 0.311. The van der Waals surface area contributed by atoms with Gasteiger partial charge in [0.25, 0.3) is 10.0 Å². The molecular formula is C15H16ClNO4S. The Hall–Kier alpha value is -1.92. The van der Waals surface area contributed by atoms with E-state index in [9.17, 15) is 8.42 Å². The minimum atomic E-state index is -3.69. The molecule has 0 radical (unpaired) electrons. The molecule has 0 aliphatic rings. The fourth-order valence-electron chi connectivity index (χ4n) is 1.83. The number of nitrogens with one attached hydrogen (secondary N) is 1. The minimum Gasteiger partial charge on any atom is -0.493 e. The predicted octanol–water partition coefficient (Wildman–Crippen LogP) is 3.55. The van der Waals surface area contributed by atoms with Crippen LogP contribution in [0.3, 0.4) is 0 Å². The van der Waals surface area contributed by atoms with Crippen LogP contribution in [0.5, 0.6) is 11.5 Å². The Labute approximate surface area is 134 Å². The molecule has 0 aliphatic heterocycles. The third-order valence-corrected chi connectivity index (χ3v) is 4.49. The zero-order chi connectivity index (χ0) is 16.2. The molecule has 22 heavy (non-hydrogen) atoms. The molecule has 0 unspecified atom stereocenters. The Morgan fingerprint density at radius 1 is 1.09 bits per heavy atom. The molecule has 0 bridgehead atoms. The molecule has 7 heteroatoms. The Morgan fingerprint density at radius 2 is 1.77 bits per heavy atom. The van der Waals surface area contributed by atoms with Crippen LogP contribution in [0.1, 0.15) is 6.92 Å². The summed E-state index contributed by atoms with van der Waals surface area (Å²) < 4.78 is 37.7. The van der Waals surface area contributed by atoms with Gasteiger partial charge < -0.3 is 9.47 Å². The lowest BCUT2D eigenvalue weighted by Crippen LogP contribution is -2.13. The molecule has 0 heterocycles. The van der Waals surface area contributed by atoms with Gasteiger partial charge in [0, 0.05) is 11.1 Å². The van der Waals surface area contributed by atoms with Crippen molar-refractivity contribution in [2.75, 3.05) is 18.4 Å². The van der Waals surface area contributed by atoms with Gasteiger partial charge in [0.2, 0.25) is 0 Å². The number of sulfonamides is 1. The van der Waals surface area contributed by atoms with E-state index in [4.69, 9.17) is 21.1 Å². The summed E-state index contributed by atoms with van der Waals surface area (Å²) in [5, 5.41) is 0.474. The van der Waals surface area contributed by atoms with E-state index in [0.29, 0.717) is 28.8 Å². The lowest BCUT2D eigenvalue weighted by Gasteiger charge is -2.12. The number of methoxy groups -OCH3 is 1. The van der Waals surface area contributed by atoms with Crippen molar-refractivity contribution in [3.05, 3.63) is 47.5 Å². The number of ether oxygens (including phenoxy) is 2.